The Morgan fingerprint density at radius 2 is 1.90 bits per heavy atom. The van der Waals surface area contributed by atoms with Gasteiger partial charge in [-0.3, -0.25) is 9.78 Å². The summed E-state index contributed by atoms with van der Waals surface area (Å²) >= 11 is 0. The number of hydrogen-bond donors (Lipinski definition) is 2. The molecule has 222 valence electrons. The van der Waals surface area contributed by atoms with Crippen LogP contribution in [0.25, 0.3) is 0 Å². The van der Waals surface area contributed by atoms with Crippen molar-refractivity contribution in [3.8, 4) is 5.75 Å². The lowest BCUT2D eigenvalue weighted by Crippen LogP contribution is -2.51. The Morgan fingerprint density at radius 1 is 1.14 bits per heavy atom. The number of benzene rings is 1. The average molecular weight is 579 g/mol. The predicted octanol–water partition coefficient (Wildman–Crippen LogP) is 4.87. The second-order valence-electron chi connectivity index (χ2n) is 11.2. The first-order valence-electron chi connectivity index (χ1n) is 13.7. The molecule has 1 aliphatic carbocycles. The third-order valence-corrected chi connectivity index (χ3v) is 7.68. The van der Waals surface area contributed by atoms with Crippen LogP contribution in [0, 0.1) is 6.92 Å². The normalized spacial score (nSPS) is 16.1. The first-order valence-corrected chi connectivity index (χ1v) is 13.7. The molecule has 0 radical (unpaired) electrons. The molecule has 10 nitrogen and oxygen atoms in total. The number of ether oxygens (including phenoxy) is 1. The number of nitrogens with zero attached hydrogens (tertiary/aromatic N) is 6. The number of nitrogens with one attached hydrogen (secondary N) is 2. The van der Waals surface area contributed by atoms with Gasteiger partial charge in [0, 0.05) is 62.9 Å². The van der Waals surface area contributed by atoms with E-state index in [9.17, 15) is 13.6 Å². The van der Waals surface area contributed by atoms with Gasteiger partial charge in [0.15, 0.2) is 0 Å². The summed E-state index contributed by atoms with van der Waals surface area (Å²) in [4.78, 5) is 32.1. The van der Waals surface area contributed by atoms with Crippen molar-refractivity contribution in [3.05, 3.63) is 60.6 Å². The van der Waals surface area contributed by atoms with Gasteiger partial charge in [0.05, 0.1) is 35.6 Å². The fourth-order valence-corrected chi connectivity index (χ4v) is 5.63. The van der Waals surface area contributed by atoms with E-state index < -0.39 is 11.3 Å². The molecule has 1 fully saturated rings. The van der Waals surface area contributed by atoms with E-state index in [1.54, 1.807) is 25.4 Å². The van der Waals surface area contributed by atoms with E-state index >= 15 is 0 Å². The summed E-state index contributed by atoms with van der Waals surface area (Å²) in [7, 11) is 7.50. The van der Waals surface area contributed by atoms with E-state index in [1.165, 1.54) is 6.08 Å². The van der Waals surface area contributed by atoms with E-state index in [1.807, 2.05) is 56.1 Å². The van der Waals surface area contributed by atoms with Gasteiger partial charge in [0.25, 0.3) is 0 Å². The fourth-order valence-electron chi connectivity index (χ4n) is 5.63. The van der Waals surface area contributed by atoms with Gasteiger partial charge in [-0.15, -0.1) is 0 Å². The van der Waals surface area contributed by atoms with Crippen molar-refractivity contribution in [2.24, 2.45) is 0 Å². The third kappa shape index (κ3) is 5.71. The molecule has 1 amide bonds. The highest BCUT2D eigenvalue weighted by molar-refractivity contribution is 6.02. The van der Waals surface area contributed by atoms with Crippen LogP contribution in [0.2, 0.25) is 0 Å². The molecule has 1 spiro atoms. The van der Waals surface area contributed by atoms with Gasteiger partial charge in [-0.1, -0.05) is 6.58 Å². The van der Waals surface area contributed by atoms with Crippen molar-refractivity contribution in [1.82, 2.24) is 19.9 Å². The van der Waals surface area contributed by atoms with Crippen molar-refractivity contribution < 1.29 is 18.3 Å². The second-order valence-corrected chi connectivity index (χ2v) is 11.2. The van der Waals surface area contributed by atoms with Crippen LogP contribution in [0.15, 0.2) is 49.2 Å². The molecule has 42 heavy (non-hydrogen) atoms. The maximum Gasteiger partial charge on any atom is 0.250 e. The van der Waals surface area contributed by atoms with Crippen LogP contribution < -0.4 is 25.2 Å². The molecule has 0 bridgehead atoms. The summed E-state index contributed by atoms with van der Waals surface area (Å²) in [6.45, 7) is 7.31. The molecule has 1 aromatic carbocycles. The number of aromatic nitrogens is 3. The van der Waals surface area contributed by atoms with E-state index in [0.717, 1.165) is 23.6 Å². The van der Waals surface area contributed by atoms with Crippen LogP contribution in [0.5, 0.6) is 5.75 Å². The molecule has 2 aliphatic rings. The first-order chi connectivity index (χ1) is 19.9. The topological polar surface area (TPSA) is 98.8 Å². The van der Waals surface area contributed by atoms with E-state index in [-0.39, 0.29) is 24.7 Å². The van der Waals surface area contributed by atoms with Gasteiger partial charge < -0.3 is 30.1 Å². The molecule has 3 aromatic rings. The van der Waals surface area contributed by atoms with Crippen LogP contribution in [-0.4, -0.2) is 79.6 Å². The fraction of sp³-hybridized carbons (Fsp3) is 0.400. The van der Waals surface area contributed by atoms with Gasteiger partial charge in [0.1, 0.15) is 11.6 Å². The molecule has 2 aromatic heterocycles. The number of anilines is 6. The SMILES string of the molecule is C=CC(=O)Nc1cc(Nc2nccc(N3CC4(CC(F)(F)C4)c4nc(C)ccc43)n2)c(OC)cc1N(C)CCN(C)C. The molecule has 3 heterocycles. The number of likely N-dealkylation sites (N-methyl/N-ethyl adjacent to an activating group) is 2. The van der Waals surface area contributed by atoms with Gasteiger partial charge >= 0.3 is 0 Å². The predicted molar refractivity (Wildman–Crippen MR) is 161 cm³/mol. The van der Waals surface area contributed by atoms with Crippen LogP contribution in [0.4, 0.5) is 43.3 Å². The highest BCUT2D eigenvalue weighted by atomic mass is 19.3. The molecule has 0 unspecified atom stereocenters. The standard InChI is InChI=1S/C30H36F2N8O2/c1-7-26(41)35-20-14-21(24(42-6)15-23(20)39(5)13-12-38(3)4)36-28-33-11-10-25(37-28)40-18-29(16-30(31,32)17-29)27-22(40)9-8-19(2)34-27/h7-11,14-15H,1,12-13,16-18H2,2-6H3,(H,35,41)(H,33,36,37). The minimum atomic E-state index is -2.70. The van der Waals surface area contributed by atoms with Crippen molar-refractivity contribution in [3.63, 3.8) is 0 Å². The summed E-state index contributed by atoms with van der Waals surface area (Å²) in [5, 5.41) is 6.10. The van der Waals surface area contributed by atoms with Gasteiger partial charge in [-0.2, -0.15) is 4.98 Å². The lowest BCUT2D eigenvalue weighted by molar-refractivity contribution is -0.122. The van der Waals surface area contributed by atoms with Crippen LogP contribution in [0.1, 0.15) is 24.2 Å². The second kappa shape index (κ2) is 11.2. The molecular formula is C30H36F2N8O2. The van der Waals surface area contributed by atoms with Gasteiger partial charge in [0.2, 0.25) is 17.8 Å². The number of aryl methyl sites for hydroxylation is 1. The van der Waals surface area contributed by atoms with E-state index in [0.29, 0.717) is 41.7 Å². The number of fused-ring (bicyclic) bond motifs is 2. The lowest BCUT2D eigenvalue weighted by Gasteiger charge is -2.44. The minimum Gasteiger partial charge on any atom is -0.494 e. The maximum atomic E-state index is 14.1. The zero-order valence-electron chi connectivity index (χ0n) is 24.5. The monoisotopic (exact) mass is 578 g/mol. The molecule has 12 heteroatoms. The summed E-state index contributed by atoms with van der Waals surface area (Å²) in [5.41, 5.74) is 3.41. The Hall–Kier alpha value is -4.32. The number of pyridine rings is 1. The highest BCUT2D eigenvalue weighted by Crippen LogP contribution is 2.59. The minimum absolute atomic E-state index is 0.234. The molecule has 0 saturated heterocycles. The summed E-state index contributed by atoms with van der Waals surface area (Å²) in [5.74, 6) is -1.68. The number of alkyl halides is 2. The highest BCUT2D eigenvalue weighted by Gasteiger charge is 2.62. The number of rotatable bonds is 10. The smallest absolute Gasteiger partial charge is 0.250 e. The Balaban J connectivity index is 1.46. The molecule has 2 N–H and O–H groups in total. The van der Waals surface area contributed by atoms with Crippen LogP contribution >= 0.6 is 0 Å². The zero-order chi connectivity index (χ0) is 30.2. The van der Waals surface area contributed by atoms with Crippen molar-refractivity contribution in [2.75, 3.05) is 68.3 Å². The Bertz CT molecular complexity index is 1500. The average Bonchev–Trinajstić information content (AvgIpc) is 3.24. The van der Waals surface area contributed by atoms with E-state index in [4.69, 9.17) is 9.72 Å². The number of methoxy groups -OCH3 is 1. The quantitative estimate of drug-likeness (QED) is 0.327. The lowest BCUT2D eigenvalue weighted by atomic mass is 9.65. The molecule has 5 rings (SSSR count). The third-order valence-electron chi connectivity index (χ3n) is 7.68. The molecule has 0 atom stereocenters. The van der Waals surface area contributed by atoms with Crippen LogP contribution in [0.3, 0.4) is 0 Å². The van der Waals surface area contributed by atoms with Crippen molar-refractivity contribution in [1.29, 1.82) is 0 Å². The summed E-state index contributed by atoms with van der Waals surface area (Å²) in [6, 6.07) is 9.15. The largest absolute Gasteiger partial charge is 0.494 e. The van der Waals surface area contributed by atoms with Crippen molar-refractivity contribution >= 4 is 40.4 Å². The number of hydrogen-bond acceptors (Lipinski definition) is 9. The van der Waals surface area contributed by atoms with E-state index in [2.05, 4.69) is 32.1 Å². The zero-order valence-corrected chi connectivity index (χ0v) is 24.5. The Labute approximate surface area is 244 Å². The maximum absolute atomic E-state index is 14.1. The van der Waals surface area contributed by atoms with Gasteiger partial charge in [-0.25, -0.2) is 13.8 Å². The Morgan fingerprint density at radius 3 is 2.57 bits per heavy atom. The van der Waals surface area contributed by atoms with Crippen LogP contribution in [-0.2, 0) is 10.2 Å². The number of carbonyl (C=O) groups excluding carboxylic acids is 1. The number of halogens is 2. The van der Waals surface area contributed by atoms with Gasteiger partial charge in [-0.05, 0) is 51.4 Å². The molecule has 1 saturated carbocycles. The van der Waals surface area contributed by atoms with Crippen molar-refractivity contribution in [2.45, 2.75) is 31.1 Å². The summed E-state index contributed by atoms with van der Waals surface area (Å²) < 4.78 is 33.9. The summed E-state index contributed by atoms with van der Waals surface area (Å²) in [6.07, 6.45) is 2.36. The first kappa shape index (κ1) is 29.2. The number of amides is 1. The molecule has 1 aliphatic heterocycles. The number of carbonyl (C=O) groups is 1. The Kier molecular flexibility index (Phi) is 7.76. The molecular weight excluding hydrogens is 542 g/mol.